The van der Waals surface area contributed by atoms with Gasteiger partial charge in [0, 0.05) is 12.7 Å². The summed E-state index contributed by atoms with van der Waals surface area (Å²) in [5.74, 6) is -0.256. The minimum absolute atomic E-state index is 0.256. The summed E-state index contributed by atoms with van der Waals surface area (Å²) in [6.07, 6.45) is 4.67. The van der Waals surface area contributed by atoms with Crippen LogP contribution in [-0.4, -0.2) is 30.7 Å². The first kappa shape index (κ1) is 13.1. The van der Waals surface area contributed by atoms with Crippen LogP contribution in [0.15, 0.2) is 18.2 Å². The Labute approximate surface area is 107 Å². The quantitative estimate of drug-likeness (QED) is 0.833. The lowest BCUT2D eigenvalue weighted by molar-refractivity contribution is -0.120. The normalized spacial score (nSPS) is 15.9. The van der Waals surface area contributed by atoms with E-state index in [0.717, 1.165) is 18.5 Å². The van der Waals surface area contributed by atoms with Gasteiger partial charge in [-0.2, -0.15) is 0 Å². The second-order valence-corrected chi connectivity index (χ2v) is 4.85. The molecular formula is C14H20N2O2. The third-order valence-corrected chi connectivity index (χ3v) is 3.56. The summed E-state index contributed by atoms with van der Waals surface area (Å²) in [5.41, 5.74) is 9.12. The topological polar surface area (TPSA) is 66.6 Å². The lowest BCUT2D eigenvalue weighted by Gasteiger charge is -2.23. The molecule has 0 saturated heterocycles. The second-order valence-electron chi connectivity index (χ2n) is 4.85. The Morgan fingerprint density at radius 3 is 2.72 bits per heavy atom. The van der Waals surface area contributed by atoms with Crippen molar-refractivity contribution in [3.05, 3.63) is 29.3 Å². The van der Waals surface area contributed by atoms with Gasteiger partial charge in [-0.15, -0.1) is 0 Å². The number of nitrogens with zero attached hydrogens (tertiary/aromatic N) is 1. The Morgan fingerprint density at radius 1 is 1.39 bits per heavy atom. The van der Waals surface area contributed by atoms with E-state index in [4.69, 9.17) is 10.8 Å². The molecule has 1 amide bonds. The largest absolute Gasteiger partial charge is 0.394 e. The van der Waals surface area contributed by atoms with Gasteiger partial charge in [-0.1, -0.05) is 6.07 Å². The molecule has 1 aliphatic rings. The van der Waals surface area contributed by atoms with E-state index in [1.807, 2.05) is 6.07 Å². The first-order chi connectivity index (χ1) is 8.63. The molecule has 98 valence electrons. The fourth-order valence-corrected chi connectivity index (χ4v) is 2.38. The van der Waals surface area contributed by atoms with Crippen molar-refractivity contribution in [2.45, 2.75) is 31.7 Å². The molecule has 0 spiro atoms. The Bertz CT molecular complexity index is 445. The molecule has 0 fully saturated rings. The number of hydrogen-bond acceptors (Lipinski definition) is 3. The predicted octanol–water partition coefficient (Wildman–Crippen LogP) is 0.848. The van der Waals surface area contributed by atoms with Gasteiger partial charge in [-0.3, -0.25) is 4.79 Å². The van der Waals surface area contributed by atoms with Crippen molar-refractivity contribution in [3.63, 3.8) is 0 Å². The lowest BCUT2D eigenvalue weighted by atomic mass is 9.91. The van der Waals surface area contributed by atoms with Crippen LogP contribution in [0, 0.1) is 0 Å². The number of carbonyl (C=O) groups excluding carboxylic acids is 1. The highest BCUT2D eigenvalue weighted by Crippen LogP contribution is 2.25. The van der Waals surface area contributed by atoms with E-state index in [-0.39, 0.29) is 12.5 Å². The van der Waals surface area contributed by atoms with Crippen molar-refractivity contribution in [1.29, 1.82) is 0 Å². The first-order valence-corrected chi connectivity index (χ1v) is 6.39. The monoisotopic (exact) mass is 248 g/mol. The van der Waals surface area contributed by atoms with Gasteiger partial charge in [0.05, 0.1) is 6.61 Å². The van der Waals surface area contributed by atoms with Gasteiger partial charge < -0.3 is 15.7 Å². The van der Waals surface area contributed by atoms with Crippen molar-refractivity contribution in [1.82, 2.24) is 0 Å². The van der Waals surface area contributed by atoms with Crippen LogP contribution in [0.4, 0.5) is 5.69 Å². The third kappa shape index (κ3) is 2.54. The zero-order chi connectivity index (χ0) is 13.1. The van der Waals surface area contributed by atoms with E-state index in [2.05, 4.69) is 12.1 Å². The molecule has 1 aliphatic carbocycles. The molecule has 0 aliphatic heterocycles. The number of aryl methyl sites for hydroxylation is 2. The average Bonchev–Trinajstić information content (AvgIpc) is 2.44. The predicted molar refractivity (Wildman–Crippen MR) is 71.6 cm³/mol. The van der Waals surface area contributed by atoms with Crippen LogP contribution >= 0.6 is 0 Å². The standard InChI is InChI=1S/C14H20N2O2/c1-16(14(18)13(15)9-17)12-7-6-10-4-2-3-5-11(10)8-12/h6-8,13,17H,2-5,9,15H2,1H3. The number of fused-ring (bicyclic) bond motifs is 1. The van der Waals surface area contributed by atoms with E-state index in [9.17, 15) is 4.79 Å². The number of amides is 1. The molecule has 4 heteroatoms. The average molecular weight is 248 g/mol. The van der Waals surface area contributed by atoms with E-state index in [0.29, 0.717) is 0 Å². The Balaban J connectivity index is 2.20. The first-order valence-electron chi connectivity index (χ1n) is 6.39. The minimum Gasteiger partial charge on any atom is -0.394 e. The summed E-state index contributed by atoms with van der Waals surface area (Å²) >= 11 is 0. The molecule has 0 bridgehead atoms. The highest BCUT2D eigenvalue weighted by atomic mass is 16.3. The molecule has 1 unspecified atom stereocenters. The minimum atomic E-state index is -0.842. The fourth-order valence-electron chi connectivity index (χ4n) is 2.38. The van der Waals surface area contributed by atoms with Crippen LogP contribution in [0.25, 0.3) is 0 Å². The fraction of sp³-hybridized carbons (Fsp3) is 0.500. The molecule has 4 nitrogen and oxygen atoms in total. The van der Waals surface area contributed by atoms with Crippen molar-refractivity contribution in [2.75, 3.05) is 18.6 Å². The molecule has 3 N–H and O–H groups in total. The molecule has 1 aromatic carbocycles. The van der Waals surface area contributed by atoms with Gasteiger partial charge in [0.15, 0.2) is 0 Å². The van der Waals surface area contributed by atoms with Crippen molar-refractivity contribution in [3.8, 4) is 0 Å². The Kier molecular flexibility index (Phi) is 3.99. The summed E-state index contributed by atoms with van der Waals surface area (Å²) in [6.45, 7) is -0.325. The van der Waals surface area contributed by atoms with E-state index in [1.54, 1.807) is 7.05 Å². The number of carbonyl (C=O) groups is 1. The SMILES string of the molecule is CN(C(=O)C(N)CO)c1ccc2c(c1)CCCC2. The summed E-state index contributed by atoms with van der Waals surface area (Å²) < 4.78 is 0. The molecule has 0 saturated carbocycles. The van der Waals surface area contributed by atoms with Crippen molar-refractivity contribution >= 4 is 11.6 Å². The number of hydrogen-bond donors (Lipinski definition) is 2. The summed E-state index contributed by atoms with van der Waals surface area (Å²) in [6, 6.07) is 5.27. The molecular weight excluding hydrogens is 228 g/mol. The van der Waals surface area contributed by atoms with Crippen molar-refractivity contribution in [2.24, 2.45) is 5.73 Å². The van der Waals surface area contributed by atoms with Gasteiger partial charge in [-0.05, 0) is 48.9 Å². The van der Waals surface area contributed by atoms with Crippen LogP contribution in [0.3, 0.4) is 0 Å². The van der Waals surface area contributed by atoms with Crippen LogP contribution in [-0.2, 0) is 17.6 Å². The zero-order valence-corrected chi connectivity index (χ0v) is 10.7. The number of aliphatic hydroxyl groups is 1. The van der Waals surface area contributed by atoms with Gasteiger partial charge in [0.25, 0.3) is 0 Å². The molecule has 0 heterocycles. The lowest BCUT2D eigenvalue weighted by Crippen LogP contribution is -2.44. The van der Waals surface area contributed by atoms with Gasteiger partial charge in [0.1, 0.15) is 6.04 Å². The maximum Gasteiger partial charge on any atom is 0.246 e. The number of anilines is 1. The maximum atomic E-state index is 11.9. The van der Waals surface area contributed by atoms with Crippen molar-refractivity contribution < 1.29 is 9.90 Å². The van der Waals surface area contributed by atoms with Crippen LogP contribution < -0.4 is 10.6 Å². The molecule has 2 rings (SSSR count). The molecule has 1 atom stereocenters. The number of aliphatic hydroxyl groups excluding tert-OH is 1. The second kappa shape index (κ2) is 5.50. The van der Waals surface area contributed by atoms with Crippen LogP contribution in [0.1, 0.15) is 24.0 Å². The van der Waals surface area contributed by atoms with Crippen LogP contribution in [0.2, 0.25) is 0 Å². The maximum absolute atomic E-state index is 11.9. The van der Waals surface area contributed by atoms with Gasteiger partial charge >= 0.3 is 0 Å². The molecule has 18 heavy (non-hydrogen) atoms. The van der Waals surface area contributed by atoms with Gasteiger partial charge in [-0.25, -0.2) is 0 Å². The number of nitrogens with two attached hydrogens (primary N) is 1. The summed E-state index contributed by atoms with van der Waals surface area (Å²) in [7, 11) is 1.70. The Morgan fingerprint density at radius 2 is 2.06 bits per heavy atom. The number of likely N-dealkylation sites (N-methyl/N-ethyl adjacent to an activating group) is 1. The Hall–Kier alpha value is -1.39. The molecule has 0 aromatic heterocycles. The molecule has 0 radical (unpaired) electrons. The zero-order valence-electron chi connectivity index (χ0n) is 10.7. The van der Waals surface area contributed by atoms with E-state index in [1.165, 1.54) is 28.9 Å². The summed E-state index contributed by atoms with van der Waals surface area (Å²) in [4.78, 5) is 13.4. The van der Waals surface area contributed by atoms with E-state index >= 15 is 0 Å². The number of rotatable bonds is 3. The third-order valence-electron chi connectivity index (χ3n) is 3.56. The smallest absolute Gasteiger partial charge is 0.246 e. The van der Waals surface area contributed by atoms with E-state index < -0.39 is 6.04 Å². The molecule has 1 aromatic rings. The summed E-state index contributed by atoms with van der Waals surface area (Å²) in [5, 5.41) is 8.92. The highest BCUT2D eigenvalue weighted by molar-refractivity contribution is 5.96. The van der Waals surface area contributed by atoms with Gasteiger partial charge in [0.2, 0.25) is 5.91 Å². The van der Waals surface area contributed by atoms with Crippen LogP contribution in [0.5, 0.6) is 0 Å². The highest BCUT2D eigenvalue weighted by Gasteiger charge is 2.19. The number of benzene rings is 1.